The second-order valence-corrected chi connectivity index (χ2v) is 4.48. The molecule has 0 heterocycles. The van der Waals surface area contributed by atoms with Gasteiger partial charge in [0.25, 0.3) is 5.91 Å². The van der Waals surface area contributed by atoms with Gasteiger partial charge in [-0.1, -0.05) is 42.5 Å². The van der Waals surface area contributed by atoms with Crippen LogP contribution in [0.3, 0.4) is 0 Å². The molecule has 0 saturated heterocycles. The van der Waals surface area contributed by atoms with Gasteiger partial charge in [0.1, 0.15) is 5.76 Å². The van der Waals surface area contributed by atoms with Crippen molar-refractivity contribution >= 4 is 17.4 Å². The smallest absolute Gasteiger partial charge is 0.255 e. The first-order valence-corrected chi connectivity index (χ1v) is 6.12. The molecule has 1 aliphatic carbocycles. The van der Waals surface area contributed by atoms with Crippen LogP contribution in [0.5, 0.6) is 0 Å². The van der Waals surface area contributed by atoms with Gasteiger partial charge in [0.15, 0.2) is 0 Å². The number of nitrogens with one attached hydrogen (secondary N) is 1. The standard InChI is InChI=1S/C16H13NO2/c18-15-13-9-5-4-6-11(13)10-14(15)16(19)17-12-7-2-1-3-8-12/h1-9,18H,10H2,(H,17,19). The maximum atomic E-state index is 12.2. The van der Waals surface area contributed by atoms with Crippen molar-refractivity contribution in [2.75, 3.05) is 5.32 Å². The Morgan fingerprint density at radius 2 is 1.68 bits per heavy atom. The van der Waals surface area contributed by atoms with E-state index in [2.05, 4.69) is 5.32 Å². The molecule has 2 N–H and O–H groups in total. The minimum atomic E-state index is -0.250. The first-order valence-electron chi connectivity index (χ1n) is 6.12. The Labute approximate surface area is 111 Å². The third-order valence-electron chi connectivity index (χ3n) is 3.23. The number of amides is 1. The summed E-state index contributed by atoms with van der Waals surface area (Å²) in [6, 6.07) is 16.7. The lowest BCUT2D eigenvalue weighted by atomic mass is 10.1. The van der Waals surface area contributed by atoms with Crippen LogP contribution in [0.1, 0.15) is 11.1 Å². The lowest BCUT2D eigenvalue weighted by Gasteiger charge is -2.05. The van der Waals surface area contributed by atoms with Gasteiger partial charge in [-0.05, 0) is 17.7 Å². The highest BCUT2D eigenvalue weighted by Gasteiger charge is 2.25. The number of aliphatic hydroxyl groups is 1. The molecule has 0 aromatic heterocycles. The lowest BCUT2D eigenvalue weighted by Crippen LogP contribution is -2.15. The molecule has 0 aliphatic heterocycles. The van der Waals surface area contributed by atoms with Gasteiger partial charge >= 0.3 is 0 Å². The molecule has 3 heteroatoms. The molecule has 2 aromatic rings. The molecule has 0 saturated carbocycles. The van der Waals surface area contributed by atoms with Crippen molar-refractivity contribution in [3.63, 3.8) is 0 Å². The number of benzene rings is 2. The van der Waals surface area contributed by atoms with Crippen molar-refractivity contribution in [2.45, 2.75) is 6.42 Å². The zero-order valence-corrected chi connectivity index (χ0v) is 10.3. The van der Waals surface area contributed by atoms with Crippen LogP contribution in [0.25, 0.3) is 5.76 Å². The molecule has 0 atom stereocenters. The highest BCUT2D eigenvalue weighted by atomic mass is 16.3. The van der Waals surface area contributed by atoms with Crippen molar-refractivity contribution in [1.29, 1.82) is 0 Å². The summed E-state index contributed by atoms with van der Waals surface area (Å²) in [5, 5.41) is 12.9. The number of rotatable bonds is 2. The molecule has 0 unspecified atom stereocenters. The van der Waals surface area contributed by atoms with Crippen molar-refractivity contribution in [1.82, 2.24) is 0 Å². The summed E-state index contributed by atoms with van der Waals surface area (Å²) >= 11 is 0. The predicted octanol–water partition coefficient (Wildman–Crippen LogP) is 3.15. The van der Waals surface area contributed by atoms with Crippen molar-refractivity contribution in [3.8, 4) is 0 Å². The van der Waals surface area contributed by atoms with Crippen LogP contribution in [0.2, 0.25) is 0 Å². The Bertz CT molecular complexity index is 659. The molecule has 0 fully saturated rings. The molecule has 94 valence electrons. The summed E-state index contributed by atoms with van der Waals surface area (Å²) < 4.78 is 0. The molecule has 0 radical (unpaired) electrons. The number of hydrogen-bond donors (Lipinski definition) is 2. The second kappa shape index (κ2) is 4.61. The van der Waals surface area contributed by atoms with Gasteiger partial charge in [-0.25, -0.2) is 0 Å². The number of carbonyl (C=O) groups excluding carboxylic acids is 1. The van der Waals surface area contributed by atoms with Crippen LogP contribution in [-0.4, -0.2) is 11.0 Å². The van der Waals surface area contributed by atoms with E-state index in [0.717, 1.165) is 16.8 Å². The van der Waals surface area contributed by atoms with Crippen molar-refractivity contribution in [2.24, 2.45) is 0 Å². The number of carbonyl (C=O) groups is 1. The summed E-state index contributed by atoms with van der Waals surface area (Å²) in [5.41, 5.74) is 2.88. The largest absolute Gasteiger partial charge is 0.507 e. The van der Waals surface area contributed by atoms with E-state index in [4.69, 9.17) is 0 Å². The first-order chi connectivity index (χ1) is 9.25. The average molecular weight is 251 g/mol. The Kier molecular flexibility index (Phi) is 2.80. The quantitative estimate of drug-likeness (QED) is 0.861. The van der Waals surface area contributed by atoms with Crippen molar-refractivity contribution < 1.29 is 9.90 Å². The molecule has 2 aromatic carbocycles. The molecule has 3 rings (SSSR count). The fourth-order valence-corrected chi connectivity index (χ4v) is 2.26. The second-order valence-electron chi connectivity index (χ2n) is 4.48. The summed E-state index contributed by atoms with van der Waals surface area (Å²) in [5.74, 6) is -0.163. The van der Waals surface area contributed by atoms with Crippen LogP contribution in [0.15, 0.2) is 60.2 Å². The lowest BCUT2D eigenvalue weighted by molar-refractivity contribution is -0.112. The van der Waals surface area contributed by atoms with Crippen LogP contribution < -0.4 is 5.32 Å². The number of aliphatic hydroxyl groups excluding tert-OH is 1. The zero-order valence-electron chi connectivity index (χ0n) is 10.3. The number of anilines is 1. The van der Waals surface area contributed by atoms with E-state index in [0.29, 0.717) is 12.0 Å². The summed E-state index contributed by atoms with van der Waals surface area (Å²) in [6.45, 7) is 0. The molecule has 0 bridgehead atoms. The van der Waals surface area contributed by atoms with Gasteiger partial charge in [-0.3, -0.25) is 4.79 Å². The maximum Gasteiger partial charge on any atom is 0.255 e. The number of para-hydroxylation sites is 1. The van der Waals surface area contributed by atoms with Gasteiger partial charge in [0, 0.05) is 17.7 Å². The molecule has 1 aliphatic rings. The Morgan fingerprint density at radius 3 is 2.42 bits per heavy atom. The summed E-state index contributed by atoms with van der Waals surface area (Å²) in [6.07, 6.45) is 0.473. The zero-order chi connectivity index (χ0) is 13.2. The third kappa shape index (κ3) is 2.10. The van der Waals surface area contributed by atoms with Crippen LogP contribution in [0, 0.1) is 0 Å². The van der Waals surface area contributed by atoms with E-state index in [1.807, 2.05) is 54.6 Å². The molecule has 3 nitrogen and oxygen atoms in total. The Morgan fingerprint density at radius 1 is 1.00 bits per heavy atom. The van der Waals surface area contributed by atoms with E-state index >= 15 is 0 Å². The maximum absolute atomic E-state index is 12.2. The fraction of sp³-hybridized carbons (Fsp3) is 0.0625. The van der Waals surface area contributed by atoms with Crippen LogP contribution in [0.4, 0.5) is 5.69 Å². The SMILES string of the molecule is O=C(Nc1ccccc1)C1=C(O)c2ccccc2C1. The molecule has 1 amide bonds. The number of hydrogen-bond acceptors (Lipinski definition) is 2. The van der Waals surface area contributed by atoms with E-state index in [-0.39, 0.29) is 11.7 Å². The monoisotopic (exact) mass is 251 g/mol. The van der Waals surface area contributed by atoms with Gasteiger partial charge in [0.2, 0.25) is 0 Å². The summed E-state index contributed by atoms with van der Waals surface area (Å²) in [7, 11) is 0. The average Bonchev–Trinajstić information content (AvgIpc) is 2.78. The van der Waals surface area contributed by atoms with E-state index in [9.17, 15) is 9.90 Å². The van der Waals surface area contributed by atoms with Gasteiger partial charge < -0.3 is 10.4 Å². The van der Waals surface area contributed by atoms with Gasteiger partial charge in [0.05, 0.1) is 5.57 Å². The fourth-order valence-electron chi connectivity index (χ4n) is 2.26. The minimum Gasteiger partial charge on any atom is -0.507 e. The Balaban J connectivity index is 1.85. The van der Waals surface area contributed by atoms with Crippen LogP contribution >= 0.6 is 0 Å². The van der Waals surface area contributed by atoms with Crippen LogP contribution in [-0.2, 0) is 11.2 Å². The molecular weight excluding hydrogens is 238 g/mol. The van der Waals surface area contributed by atoms with Gasteiger partial charge in [-0.15, -0.1) is 0 Å². The summed E-state index contributed by atoms with van der Waals surface area (Å²) in [4.78, 5) is 12.2. The molecular formula is C16H13NO2. The highest BCUT2D eigenvalue weighted by Crippen LogP contribution is 2.31. The van der Waals surface area contributed by atoms with E-state index in [1.165, 1.54) is 0 Å². The molecule has 19 heavy (non-hydrogen) atoms. The third-order valence-corrected chi connectivity index (χ3v) is 3.23. The highest BCUT2D eigenvalue weighted by molar-refractivity contribution is 6.09. The normalized spacial score (nSPS) is 13.3. The first kappa shape index (κ1) is 11.5. The topological polar surface area (TPSA) is 49.3 Å². The number of fused-ring (bicyclic) bond motifs is 1. The minimum absolute atomic E-state index is 0.0871. The van der Waals surface area contributed by atoms with E-state index < -0.39 is 0 Å². The molecule has 0 spiro atoms. The Hall–Kier alpha value is -2.55. The van der Waals surface area contributed by atoms with Crippen molar-refractivity contribution in [3.05, 3.63) is 71.3 Å². The van der Waals surface area contributed by atoms with E-state index in [1.54, 1.807) is 0 Å². The predicted molar refractivity (Wildman–Crippen MR) is 74.8 cm³/mol. The van der Waals surface area contributed by atoms with Gasteiger partial charge in [-0.2, -0.15) is 0 Å².